The molecule has 0 fully saturated rings. The van der Waals surface area contributed by atoms with Crippen LogP contribution in [0, 0.1) is 0 Å². The Kier molecular flexibility index (Phi) is 3.67. The molecule has 122 valence electrons. The van der Waals surface area contributed by atoms with E-state index in [1.807, 2.05) is 0 Å². The monoisotopic (exact) mass is 326 g/mol. The molecule has 0 atom stereocenters. The lowest BCUT2D eigenvalue weighted by Gasteiger charge is -2.33. The summed E-state index contributed by atoms with van der Waals surface area (Å²) in [4.78, 5) is 13.2. The zero-order chi connectivity index (χ0) is 16.6. The SMILES string of the molecule is O=c1cc2n(cc1O)CCN(c1ccccc1OC(F)(F)F)C2. The van der Waals surface area contributed by atoms with E-state index >= 15 is 0 Å². The van der Waals surface area contributed by atoms with Gasteiger partial charge < -0.3 is 19.3 Å². The molecule has 8 heteroatoms. The maximum atomic E-state index is 12.5. The number of aromatic hydroxyl groups is 1. The van der Waals surface area contributed by atoms with E-state index in [0.717, 1.165) is 0 Å². The first-order valence-electron chi connectivity index (χ1n) is 6.85. The fraction of sp³-hybridized carbons (Fsp3) is 0.267. The average molecular weight is 326 g/mol. The second-order valence-electron chi connectivity index (χ2n) is 5.14. The molecule has 0 unspecified atom stereocenters. The number of fused-ring (bicyclic) bond motifs is 1. The standard InChI is InChI=1S/C15H13F3N2O3/c16-15(17,18)23-14-4-2-1-3-11(14)20-6-5-19-9-13(22)12(21)7-10(19)8-20/h1-4,7,9,22H,5-6,8H2. The molecule has 3 rings (SSSR count). The number of anilines is 1. The number of pyridine rings is 1. The number of aromatic nitrogens is 1. The molecule has 2 heterocycles. The third-order valence-corrected chi connectivity index (χ3v) is 3.59. The van der Waals surface area contributed by atoms with Crippen LogP contribution in [0.5, 0.6) is 11.5 Å². The van der Waals surface area contributed by atoms with Crippen LogP contribution in [0.25, 0.3) is 0 Å². The lowest BCUT2D eigenvalue weighted by Crippen LogP contribution is -2.35. The van der Waals surface area contributed by atoms with Crippen LogP contribution in [-0.2, 0) is 13.1 Å². The molecule has 2 aromatic rings. The van der Waals surface area contributed by atoms with E-state index in [1.165, 1.54) is 30.5 Å². The van der Waals surface area contributed by atoms with Gasteiger partial charge in [-0.25, -0.2) is 0 Å². The highest BCUT2D eigenvalue weighted by Crippen LogP contribution is 2.34. The summed E-state index contributed by atoms with van der Waals surface area (Å²) in [6.07, 6.45) is -3.43. The van der Waals surface area contributed by atoms with Gasteiger partial charge in [-0.3, -0.25) is 4.79 Å². The molecule has 0 aliphatic carbocycles. The van der Waals surface area contributed by atoms with Crippen LogP contribution >= 0.6 is 0 Å². The number of hydrogen-bond acceptors (Lipinski definition) is 4. The molecule has 0 saturated carbocycles. The van der Waals surface area contributed by atoms with Crippen molar-refractivity contribution in [2.24, 2.45) is 0 Å². The minimum Gasteiger partial charge on any atom is -0.503 e. The highest BCUT2D eigenvalue weighted by atomic mass is 19.4. The van der Waals surface area contributed by atoms with Crippen molar-refractivity contribution in [3.63, 3.8) is 0 Å². The lowest BCUT2D eigenvalue weighted by atomic mass is 10.2. The molecule has 23 heavy (non-hydrogen) atoms. The highest BCUT2D eigenvalue weighted by molar-refractivity contribution is 5.59. The Labute approximate surface area is 129 Å². The van der Waals surface area contributed by atoms with Crippen molar-refractivity contribution in [3.8, 4) is 11.5 Å². The Hall–Kier alpha value is -2.64. The lowest BCUT2D eigenvalue weighted by molar-refractivity contribution is -0.274. The van der Waals surface area contributed by atoms with E-state index in [-0.39, 0.29) is 18.0 Å². The van der Waals surface area contributed by atoms with Gasteiger partial charge in [-0.15, -0.1) is 13.2 Å². The largest absolute Gasteiger partial charge is 0.573 e. The van der Waals surface area contributed by atoms with Crippen LogP contribution in [-0.4, -0.2) is 22.6 Å². The number of rotatable bonds is 2. The van der Waals surface area contributed by atoms with Gasteiger partial charge >= 0.3 is 6.36 Å². The third kappa shape index (κ3) is 3.25. The molecule has 1 N–H and O–H groups in total. The van der Waals surface area contributed by atoms with Gasteiger partial charge in [-0.1, -0.05) is 12.1 Å². The van der Waals surface area contributed by atoms with Gasteiger partial charge in [-0.05, 0) is 12.1 Å². The number of ether oxygens (including phenoxy) is 1. The molecule has 1 aromatic carbocycles. The Morgan fingerprint density at radius 2 is 1.91 bits per heavy atom. The predicted molar refractivity (Wildman–Crippen MR) is 76.5 cm³/mol. The molecular weight excluding hydrogens is 313 g/mol. The van der Waals surface area contributed by atoms with Crippen molar-refractivity contribution in [1.82, 2.24) is 4.57 Å². The van der Waals surface area contributed by atoms with Crippen LogP contribution in [0.3, 0.4) is 0 Å². The van der Waals surface area contributed by atoms with Crippen molar-refractivity contribution in [1.29, 1.82) is 0 Å². The van der Waals surface area contributed by atoms with Crippen LogP contribution in [0.4, 0.5) is 18.9 Å². The average Bonchev–Trinajstić information content (AvgIpc) is 2.47. The van der Waals surface area contributed by atoms with E-state index in [4.69, 9.17) is 0 Å². The second kappa shape index (κ2) is 5.53. The molecule has 0 amide bonds. The molecule has 1 aliphatic heterocycles. The molecule has 0 saturated heterocycles. The van der Waals surface area contributed by atoms with Crippen LogP contribution < -0.4 is 15.1 Å². The number of benzene rings is 1. The number of nitrogens with zero attached hydrogens (tertiary/aromatic N) is 2. The van der Waals surface area contributed by atoms with Gasteiger partial charge in [0.2, 0.25) is 5.43 Å². The summed E-state index contributed by atoms with van der Waals surface area (Å²) in [6, 6.07) is 7.16. The van der Waals surface area contributed by atoms with E-state index in [9.17, 15) is 23.1 Å². The van der Waals surface area contributed by atoms with Crippen molar-refractivity contribution in [2.75, 3.05) is 11.4 Å². The summed E-state index contributed by atoms with van der Waals surface area (Å²) >= 11 is 0. The van der Waals surface area contributed by atoms with E-state index in [2.05, 4.69) is 4.74 Å². The zero-order valence-electron chi connectivity index (χ0n) is 11.9. The van der Waals surface area contributed by atoms with Gasteiger partial charge in [0.1, 0.15) is 0 Å². The second-order valence-corrected chi connectivity index (χ2v) is 5.14. The van der Waals surface area contributed by atoms with Gasteiger partial charge in [0.25, 0.3) is 0 Å². The molecule has 0 radical (unpaired) electrons. The molecule has 0 spiro atoms. The Morgan fingerprint density at radius 1 is 1.17 bits per heavy atom. The molecule has 0 bridgehead atoms. The fourth-order valence-electron chi connectivity index (χ4n) is 2.59. The normalized spacial score (nSPS) is 14.5. The van der Waals surface area contributed by atoms with Crippen LogP contribution in [0.1, 0.15) is 5.69 Å². The first-order chi connectivity index (χ1) is 10.8. The topological polar surface area (TPSA) is 54.7 Å². The third-order valence-electron chi connectivity index (χ3n) is 3.59. The van der Waals surface area contributed by atoms with Crippen LogP contribution in [0.15, 0.2) is 41.3 Å². The van der Waals surface area contributed by atoms with Gasteiger partial charge in [0, 0.05) is 24.8 Å². The van der Waals surface area contributed by atoms with Gasteiger partial charge in [-0.2, -0.15) is 0 Å². The van der Waals surface area contributed by atoms with Crippen LogP contribution in [0.2, 0.25) is 0 Å². The molecule has 1 aliphatic rings. The van der Waals surface area contributed by atoms with Gasteiger partial charge in [0.15, 0.2) is 11.5 Å². The smallest absolute Gasteiger partial charge is 0.503 e. The van der Waals surface area contributed by atoms with Crippen molar-refractivity contribution < 1.29 is 23.0 Å². The van der Waals surface area contributed by atoms with Gasteiger partial charge in [0.05, 0.1) is 18.4 Å². The molecule has 1 aromatic heterocycles. The number of halogens is 3. The summed E-state index contributed by atoms with van der Waals surface area (Å²) in [5, 5.41) is 9.44. The summed E-state index contributed by atoms with van der Waals surface area (Å²) in [7, 11) is 0. The van der Waals surface area contributed by atoms with E-state index in [1.54, 1.807) is 15.5 Å². The van der Waals surface area contributed by atoms with Crippen molar-refractivity contribution in [2.45, 2.75) is 19.5 Å². The number of para-hydroxylation sites is 2. The Morgan fingerprint density at radius 3 is 2.65 bits per heavy atom. The summed E-state index contributed by atoms with van der Waals surface area (Å²) in [6.45, 7) is 1.10. The van der Waals surface area contributed by atoms with Crippen molar-refractivity contribution >= 4 is 5.69 Å². The fourth-order valence-corrected chi connectivity index (χ4v) is 2.59. The minimum atomic E-state index is -4.77. The first-order valence-corrected chi connectivity index (χ1v) is 6.85. The summed E-state index contributed by atoms with van der Waals surface area (Å²) in [5.74, 6) is -0.627. The first kappa shape index (κ1) is 15.3. The zero-order valence-corrected chi connectivity index (χ0v) is 11.9. The van der Waals surface area contributed by atoms with E-state index < -0.39 is 11.8 Å². The highest BCUT2D eigenvalue weighted by Gasteiger charge is 2.33. The minimum absolute atomic E-state index is 0.244. The number of alkyl halides is 3. The Balaban J connectivity index is 1.92. The summed E-state index contributed by atoms with van der Waals surface area (Å²) < 4.78 is 43.3. The maximum absolute atomic E-state index is 12.5. The molecule has 5 nitrogen and oxygen atoms in total. The van der Waals surface area contributed by atoms with Crippen molar-refractivity contribution in [3.05, 3.63) is 52.4 Å². The maximum Gasteiger partial charge on any atom is 0.573 e. The molecular formula is C15H13F3N2O3. The quantitative estimate of drug-likeness (QED) is 0.921. The van der Waals surface area contributed by atoms with E-state index in [0.29, 0.717) is 24.5 Å². The predicted octanol–water partition coefficient (Wildman–Crippen LogP) is 2.47. The summed E-state index contributed by atoms with van der Waals surface area (Å²) in [5.41, 5.74) is 0.399. The number of hydrogen-bond donors (Lipinski definition) is 1. The Bertz CT molecular complexity index is 786.